The maximum absolute atomic E-state index is 12.2. The molecule has 2 rings (SSSR count). The van der Waals surface area contributed by atoms with Gasteiger partial charge in [-0.2, -0.15) is 12.7 Å². The first-order chi connectivity index (χ1) is 9.94. The number of methoxy groups -OCH3 is 1. The first-order valence-electron chi connectivity index (χ1n) is 6.21. The molecule has 0 atom stereocenters. The number of benzene rings is 1. The van der Waals surface area contributed by atoms with E-state index in [1.165, 1.54) is 29.6 Å². The molecular weight excluding hydrogens is 300 g/mol. The highest BCUT2D eigenvalue weighted by atomic mass is 32.2. The molecule has 21 heavy (non-hydrogen) atoms. The van der Waals surface area contributed by atoms with E-state index < -0.39 is 16.2 Å². The van der Waals surface area contributed by atoms with Crippen molar-refractivity contribution in [3.05, 3.63) is 23.8 Å². The molecule has 0 amide bonds. The second kappa shape index (κ2) is 6.29. The minimum atomic E-state index is -3.81. The maximum atomic E-state index is 12.2. The summed E-state index contributed by atoms with van der Waals surface area (Å²) in [5.74, 6) is -0.907. The van der Waals surface area contributed by atoms with Crippen molar-refractivity contribution in [1.29, 1.82) is 0 Å². The Hall–Kier alpha value is -1.84. The Balaban J connectivity index is 2.27. The minimum Gasteiger partial charge on any atom is -0.497 e. The molecule has 0 saturated carbocycles. The van der Waals surface area contributed by atoms with Crippen LogP contribution in [0.15, 0.2) is 18.2 Å². The van der Waals surface area contributed by atoms with Crippen LogP contribution in [-0.2, 0) is 14.9 Å². The molecule has 0 aliphatic carbocycles. The van der Waals surface area contributed by atoms with E-state index in [1.54, 1.807) is 0 Å². The monoisotopic (exact) mass is 316 g/mol. The van der Waals surface area contributed by atoms with Gasteiger partial charge in [0.25, 0.3) is 0 Å². The van der Waals surface area contributed by atoms with Gasteiger partial charge in [-0.25, -0.2) is 4.79 Å². The second-order valence-electron chi connectivity index (χ2n) is 4.34. The lowest BCUT2D eigenvalue weighted by atomic mass is 10.2. The lowest BCUT2D eigenvalue weighted by Gasteiger charge is -2.26. The summed E-state index contributed by atoms with van der Waals surface area (Å²) >= 11 is 0. The first kappa shape index (κ1) is 15.5. The lowest BCUT2D eigenvalue weighted by molar-refractivity contribution is 0.0697. The van der Waals surface area contributed by atoms with E-state index >= 15 is 0 Å². The zero-order valence-corrected chi connectivity index (χ0v) is 12.2. The number of carbonyl (C=O) groups is 1. The van der Waals surface area contributed by atoms with E-state index in [9.17, 15) is 13.2 Å². The molecule has 9 heteroatoms. The summed E-state index contributed by atoms with van der Waals surface area (Å²) in [6.45, 7) is 1.09. The zero-order chi connectivity index (χ0) is 15.5. The fourth-order valence-electron chi connectivity index (χ4n) is 1.91. The number of hydrogen-bond donors (Lipinski definition) is 2. The molecule has 1 aromatic rings. The molecule has 1 saturated heterocycles. The van der Waals surface area contributed by atoms with Gasteiger partial charge in [0, 0.05) is 13.1 Å². The number of aromatic carboxylic acids is 1. The topological polar surface area (TPSA) is 105 Å². The van der Waals surface area contributed by atoms with Crippen LogP contribution in [0, 0.1) is 0 Å². The quantitative estimate of drug-likeness (QED) is 0.814. The summed E-state index contributed by atoms with van der Waals surface area (Å²) < 4.78 is 38.0. The highest BCUT2D eigenvalue weighted by Crippen LogP contribution is 2.24. The Morgan fingerprint density at radius 1 is 1.38 bits per heavy atom. The molecule has 0 radical (unpaired) electrons. The number of hydrogen-bond acceptors (Lipinski definition) is 5. The number of rotatable bonds is 5. The van der Waals surface area contributed by atoms with Gasteiger partial charge in [0.05, 0.1) is 31.6 Å². The van der Waals surface area contributed by atoms with Crippen LogP contribution in [0.25, 0.3) is 0 Å². The normalized spacial score (nSPS) is 16.4. The number of carboxylic acids is 1. The van der Waals surface area contributed by atoms with Crippen LogP contribution in [0.3, 0.4) is 0 Å². The number of nitrogens with zero attached hydrogens (tertiary/aromatic N) is 1. The van der Waals surface area contributed by atoms with Crippen molar-refractivity contribution >= 4 is 21.9 Å². The Morgan fingerprint density at radius 2 is 2.05 bits per heavy atom. The van der Waals surface area contributed by atoms with E-state index in [1.807, 2.05) is 0 Å². The number of morpholine rings is 1. The molecule has 1 aromatic carbocycles. The average Bonchev–Trinajstić information content (AvgIpc) is 2.48. The summed E-state index contributed by atoms with van der Waals surface area (Å²) in [5, 5.41) is 9.17. The highest BCUT2D eigenvalue weighted by molar-refractivity contribution is 7.90. The average molecular weight is 316 g/mol. The molecule has 0 spiro atoms. The Bertz CT molecular complexity index is 625. The number of carboxylic acid groups (broad SMARTS) is 1. The fourth-order valence-corrected chi connectivity index (χ4v) is 3.12. The molecule has 116 valence electrons. The van der Waals surface area contributed by atoms with Crippen LogP contribution >= 0.6 is 0 Å². The van der Waals surface area contributed by atoms with E-state index in [0.29, 0.717) is 19.0 Å². The van der Waals surface area contributed by atoms with Crippen LogP contribution < -0.4 is 9.46 Å². The smallest absolute Gasteiger partial charge is 0.337 e. The van der Waals surface area contributed by atoms with Crippen LogP contribution in [0.2, 0.25) is 0 Å². The Morgan fingerprint density at radius 3 is 2.62 bits per heavy atom. The van der Waals surface area contributed by atoms with Gasteiger partial charge in [0.2, 0.25) is 0 Å². The van der Waals surface area contributed by atoms with Crippen molar-refractivity contribution in [2.75, 3.05) is 38.1 Å². The van der Waals surface area contributed by atoms with E-state index in [4.69, 9.17) is 14.6 Å². The van der Waals surface area contributed by atoms with Crippen LogP contribution in [-0.4, -0.2) is 57.2 Å². The zero-order valence-electron chi connectivity index (χ0n) is 11.4. The van der Waals surface area contributed by atoms with Gasteiger partial charge >= 0.3 is 16.2 Å². The van der Waals surface area contributed by atoms with Crippen molar-refractivity contribution in [2.24, 2.45) is 0 Å². The number of anilines is 1. The summed E-state index contributed by atoms with van der Waals surface area (Å²) in [5.41, 5.74) is -0.180. The molecule has 0 aromatic heterocycles. The summed E-state index contributed by atoms with van der Waals surface area (Å²) in [7, 11) is -2.41. The largest absolute Gasteiger partial charge is 0.497 e. The van der Waals surface area contributed by atoms with Crippen molar-refractivity contribution < 1.29 is 27.8 Å². The standard InChI is InChI=1S/C12H16N2O6S/c1-19-9-2-3-11(10(8-9)12(15)16)13-21(17,18)14-4-6-20-7-5-14/h2-3,8,13H,4-7H2,1H3,(H,15,16). The van der Waals surface area contributed by atoms with Crippen molar-refractivity contribution in [2.45, 2.75) is 0 Å². The SMILES string of the molecule is COc1ccc(NS(=O)(=O)N2CCOCC2)c(C(=O)O)c1. The van der Waals surface area contributed by atoms with Gasteiger partial charge < -0.3 is 14.6 Å². The fraction of sp³-hybridized carbons (Fsp3) is 0.417. The van der Waals surface area contributed by atoms with Gasteiger partial charge in [-0.3, -0.25) is 4.72 Å². The van der Waals surface area contributed by atoms with Gasteiger partial charge in [0.15, 0.2) is 0 Å². The summed E-state index contributed by atoms with van der Waals surface area (Å²) in [6.07, 6.45) is 0. The maximum Gasteiger partial charge on any atom is 0.337 e. The highest BCUT2D eigenvalue weighted by Gasteiger charge is 2.26. The van der Waals surface area contributed by atoms with E-state index in [2.05, 4.69) is 4.72 Å². The van der Waals surface area contributed by atoms with Gasteiger partial charge in [-0.15, -0.1) is 0 Å². The molecule has 0 unspecified atom stereocenters. The first-order valence-corrected chi connectivity index (χ1v) is 7.65. The van der Waals surface area contributed by atoms with Gasteiger partial charge in [-0.05, 0) is 18.2 Å². The Labute approximate surface area is 122 Å². The number of nitrogens with one attached hydrogen (secondary N) is 1. The lowest BCUT2D eigenvalue weighted by Crippen LogP contribution is -2.43. The minimum absolute atomic E-state index is 0.00482. The van der Waals surface area contributed by atoms with Crippen LogP contribution in [0.4, 0.5) is 5.69 Å². The van der Waals surface area contributed by atoms with Gasteiger partial charge in [-0.1, -0.05) is 0 Å². The molecule has 1 aliphatic rings. The third-order valence-electron chi connectivity index (χ3n) is 3.01. The van der Waals surface area contributed by atoms with E-state index in [0.717, 1.165) is 0 Å². The molecular formula is C12H16N2O6S. The van der Waals surface area contributed by atoms with E-state index in [-0.39, 0.29) is 24.3 Å². The molecule has 8 nitrogen and oxygen atoms in total. The van der Waals surface area contributed by atoms with Crippen LogP contribution in [0.5, 0.6) is 5.75 Å². The molecule has 2 N–H and O–H groups in total. The molecule has 1 heterocycles. The summed E-state index contributed by atoms with van der Waals surface area (Å²) in [4.78, 5) is 11.2. The van der Waals surface area contributed by atoms with Gasteiger partial charge in [0.1, 0.15) is 5.75 Å². The third-order valence-corrected chi connectivity index (χ3v) is 4.53. The predicted molar refractivity (Wildman–Crippen MR) is 74.9 cm³/mol. The second-order valence-corrected chi connectivity index (χ2v) is 6.01. The van der Waals surface area contributed by atoms with Crippen molar-refractivity contribution in [3.63, 3.8) is 0 Å². The molecule has 0 bridgehead atoms. The molecule has 1 aliphatic heterocycles. The number of ether oxygens (including phenoxy) is 2. The van der Waals surface area contributed by atoms with Crippen molar-refractivity contribution in [3.8, 4) is 5.75 Å². The molecule has 1 fully saturated rings. The van der Waals surface area contributed by atoms with Crippen LogP contribution in [0.1, 0.15) is 10.4 Å². The van der Waals surface area contributed by atoms with Crippen molar-refractivity contribution in [1.82, 2.24) is 4.31 Å². The Kier molecular flexibility index (Phi) is 4.66. The predicted octanol–water partition coefficient (Wildman–Crippen LogP) is 0.382. The summed E-state index contributed by atoms with van der Waals surface area (Å²) in [6, 6.07) is 4.11. The third kappa shape index (κ3) is 3.63.